The smallest absolute Gasteiger partial charge is 0.274 e. The Morgan fingerprint density at radius 1 is 0.966 bits per heavy atom. The third-order valence-corrected chi connectivity index (χ3v) is 14.1. The van der Waals surface area contributed by atoms with E-state index in [1.165, 1.54) is 25.7 Å². The summed E-state index contributed by atoms with van der Waals surface area (Å²) in [6, 6.07) is 13.3. The summed E-state index contributed by atoms with van der Waals surface area (Å²) < 4.78 is 0.996. The van der Waals surface area contributed by atoms with Gasteiger partial charge in [-0.05, 0) is 119 Å². The molecule has 2 aromatic carbocycles. The number of nitrogens with zero attached hydrogens (tertiary/aromatic N) is 4. The third-order valence-electron chi connectivity index (χ3n) is 13.0. The minimum Gasteiger partial charge on any atom is -0.386 e. The minimum atomic E-state index is -1.17. The van der Waals surface area contributed by atoms with E-state index in [0.717, 1.165) is 59.0 Å². The number of imide groups is 2. The van der Waals surface area contributed by atoms with Crippen molar-refractivity contribution in [1.82, 2.24) is 25.1 Å². The van der Waals surface area contributed by atoms with Crippen LogP contribution in [0, 0.1) is 17.3 Å². The third kappa shape index (κ3) is 7.30. The Balaban J connectivity index is 0.728. The summed E-state index contributed by atoms with van der Waals surface area (Å²) >= 11 is 1.69. The molecule has 2 saturated carbocycles. The monoisotopic (exact) mass is 803 g/mol. The number of pyridine rings is 1. The molecule has 13 nitrogen and oxygen atoms in total. The summed E-state index contributed by atoms with van der Waals surface area (Å²) in [4.78, 5) is 76.5. The van der Waals surface area contributed by atoms with Gasteiger partial charge in [-0.1, -0.05) is 12.1 Å². The number of carbonyl (C=O) groups excluding carboxylic acids is 5. The molecule has 3 aliphatic heterocycles. The molecule has 4 aromatic rings. The normalized spacial score (nSPS) is 23.4. The molecule has 2 aromatic heterocycles. The van der Waals surface area contributed by atoms with Crippen LogP contribution >= 0.6 is 11.3 Å². The van der Waals surface area contributed by atoms with Crippen LogP contribution in [0.3, 0.4) is 0 Å². The van der Waals surface area contributed by atoms with Gasteiger partial charge in [-0.15, -0.1) is 11.3 Å². The largest absolute Gasteiger partial charge is 0.386 e. The molecular weight excluding hydrogens is 755 g/mol. The molecule has 0 bridgehead atoms. The van der Waals surface area contributed by atoms with Gasteiger partial charge in [-0.3, -0.25) is 39.2 Å². The van der Waals surface area contributed by atoms with Gasteiger partial charge in [0.15, 0.2) is 0 Å². The summed E-state index contributed by atoms with van der Waals surface area (Å²) in [5, 5.41) is 20.8. The van der Waals surface area contributed by atoms with Gasteiger partial charge in [-0.2, -0.15) is 0 Å². The molecule has 2 saturated heterocycles. The summed E-state index contributed by atoms with van der Waals surface area (Å²) in [6.07, 6.45) is 9.82. The first-order chi connectivity index (χ1) is 27.8. The number of carbonyl (C=O) groups is 5. The Kier molecular flexibility index (Phi) is 9.92. The van der Waals surface area contributed by atoms with Crippen LogP contribution < -0.4 is 16.0 Å². The van der Waals surface area contributed by atoms with Crippen molar-refractivity contribution in [2.24, 2.45) is 17.3 Å². The molecule has 4 N–H and O–H groups in total. The van der Waals surface area contributed by atoms with Crippen LogP contribution in [-0.2, 0) is 15.2 Å². The molecule has 5 amide bonds. The SMILES string of the molecule is CC(C)(O)c1cc2nc([C@H]3CC[C@H](CN4CC5(CC(CCNc6cccc7c6C(=O)N(C6CCC(=O)NC6=O)C7=O)C5)C4)CC3)sc2cc1NC(=O)c1ccccn1. The summed E-state index contributed by atoms with van der Waals surface area (Å²) in [6.45, 7) is 7.61. The molecule has 1 unspecified atom stereocenters. The fourth-order valence-corrected chi connectivity index (χ4v) is 11.3. The van der Waals surface area contributed by atoms with Crippen LogP contribution in [0.25, 0.3) is 10.2 Å². The molecule has 9 rings (SSSR count). The second kappa shape index (κ2) is 15.0. The molecule has 1 atom stereocenters. The maximum absolute atomic E-state index is 13.4. The number of fused-ring (bicyclic) bond motifs is 2. The van der Waals surface area contributed by atoms with Crippen molar-refractivity contribution in [3.63, 3.8) is 0 Å². The number of thiazole rings is 1. The van der Waals surface area contributed by atoms with Crippen LogP contribution in [0.15, 0.2) is 54.7 Å². The average Bonchev–Trinajstić information content (AvgIpc) is 3.70. The molecule has 302 valence electrons. The number of amides is 5. The first-order valence-electron chi connectivity index (χ1n) is 20.5. The van der Waals surface area contributed by atoms with Crippen molar-refractivity contribution in [2.75, 3.05) is 36.8 Å². The van der Waals surface area contributed by atoms with Crippen molar-refractivity contribution < 1.29 is 29.1 Å². The second-order valence-electron chi connectivity index (χ2n) is 17.7. The lowest BCUT2D eigenvalue weighted by Gasteiger charge is -2.60. The number of hydrogen-bond donors (Lipinski definition) is 4. The summed E-state index contributed by atoms with van der Waals surface area (Å²) in [7, 11) is 0. The van der Waals surface area contributed by atoms with Crippen LogP contribution in [0.2, 0.25) is 0 Å². The maximum Gasteiger partial charge on any atom is 0.274 e. The number of nitrogens with one attached hydrogen (secondary N) is 3. The molecule has 5 aliphatic rings. The summed E-state index contributed by atoms with van der Waals surface area (Å²) in [5.41, 5.74) is 2.85. The Morgan fingerprint density at radius 3 is 2.48 bits per heavy atom. The first-order valence-corrected chi connectivity index (χ1v) is 21.4. The lowest BCUT2D eigenvalue weighted by atomic mass is 9.57. The van der Waals surface area contributed by atoms with Crippen molar-refractivity contribution in [3.05, 3.63) is 82.1 Å². The molecule has 5 heterocycles. The van der Waals surface area contributed by atoms with Crippen molar-refractivity contribution in [3.8, 4) is 0 Å². The number of rotatable bonds is 11. The molecule has 58 heavy (non-hydrogen) atoms. The predicted molar refractivity (Wildman–Crippen MR) is 220 cm³/mol. The van der Waals surface area contributed by atoms with Gasteiger partial charge >= 0.3 is 0 Å². The highest BCUT2D eigenvalue weighted by Crippen LogP contribution is 2.53. The van der Waals surface area contributed by atoms with Crippen LogP contribution in [0.1, 0.15) is 119 Å². The lowest BCUT2D eigenvalue weighted by molar-refractivity contribution is -0.136. The maximum atomic E-state index is 13.4. The van der Waals surface area contributed by atoms with E-state index in [4.69, 9.17) is 4.98 Å². The lowest BCUT2D eigenvalue weighted by Crippen LogP contribution is -2.63. The topological polar surface area (TPSA) is 174 Å². The standard InChI is InChI=1S/C44H49N7O6S/c1-43(2,57)29-18-33-35(19-32(29)47-38(53)31-7-3-4-16-45-31)58-40(48-33)27-11-9-25(10-12-27)22-50-23-44(24-50)20-26(21-44)15-17-46-30-8-5-6-28-37(30)42(56)51(41(28)55)34-13-14-36(52)49-39(34)54/h3-8,16,18-19,25-27,34,46,57H,9-15,17,20-24H2,1-2H3,(H,47,53)(H,49,52,54)/t25-,27-,34?. The quantitative estimate of drug-likeness (QED) is 0.131. The number of aromatic nitrogens is 2. The number of benzene rings is 2. The zero-order chi connectivity index (χ0) is 40.3. The van der Waals surface area contributed by atoms with E-state index in [-0.39, 0.29) is 24.7 Å². The number of anilines is 2. The highest BCUT2D eigenvalue weighted by atomic mass is 32.1. The van der Waals surface area contributed by atoms with E-state index in [9.17, 15) is 29.1 Å². The second-order valence-corrected chi connectivity index (χ2v) is 18.8. The highest BCUT2D eigenvalue weighted by Gasteiger charge is 2.52. The zero-order valence-electron chi connectivity index (χ0n) is 32.9. The zero-order valence-corrected chi connectivity index (χ0v) is 33.7. The molecule has 14 heteroatoms. The van der Waals surface area contributed by atoms with E-state index in [1.807, 2.05) is 18.2 Å². The number of hydrogen-bond acceptors (Lipinski definition) is 11. The van der Waals surface area contributed by atoms with Crippen molar-refractivity contribution in [1.29, 1.82) is 0 Å². The Labute approximate surface area is 341 Å². The molecule has 2 aliphatic carbocycles. The molecule has 4 fully saturated rings. The Hall–Kier alpha value is -5.05. The van der Waals surface area contributed by atoms with Gasteiger partial charge in [0.25, 0.3) is 17.7 Å². The summed E-state index contributed by atoms with van der Waals surface area (Å²) in [5.74, 6) is -0.560. The number of likely N-dealkylation sites (tertiary alicyclic amines) is 1. The average molecular weight is 804 g/mol. The van der Waals surface area contributed by atoms with Crippen molar-refractivity contribution in [2.45, 2.75) is 89.2 Å². The number of aliphatic hydroxyl groups is 1. The van der Waals surface area contributed by atoms with E-state index in [0.29, 0.717) is 63.5 Å². The fraction of sp³-hybridized carbons (Fsp3) is 0.477. The van der Waals surface area contributed by atoms with Crippen LogP contribution in [-0.4, -0.2) is 86.6 Å². The van der Waals surface area contributed by atoms with Gasteiger partial charge in [0.05, 0.1) is 32.0 Å². The number of piperidine rings is 1. The van der Waals surface area contributed by atoms with Crippen LogP contribution in [0.4, 0.5) is 11.4 Å². The van der Waals surface area contributed by atoms with E-state index >= 15 is 0 Å². The Bertz CT molecular complexity index is 2300. The van der Waals surface area contributed by atoms with E-state index < -0.39 is 29.4 Å². The molecular formula is C44H49N7O6S. The minimum absolute atomic E-state index is 0.0944. The van der Waals surface area contributed by atoms with Gasteiger partial charge in [0.1, 0.15) is 11.7 Å². The van der Waals surface area contributed by atoms with Crippen molar-refractivity contribution >= 4 is 62.5 Å². The van der Waals surface area contributed by atoms with Gasteiger partial charge in [-0.25, -0.2) is 4.98 Å². The predicted octanol–water partition coefficient (Wildman–Crippen LogP) is 6.06. The molecule has 0 radical (unpaired) electrons. The Morgan fingerprint density at radius 2 is 1.76 bits per heavy atom. The van der Waals surface area contributed by atoms with Gasteiger partial charge in [0, 0.05) is 61.7 Å². The van der Waals surface area contributed by atoms with E-state index in [1.54, 1.807) is 61.7 Å². The van der Waals surface area contributed by atoms with E-state index in [2.05, 4.69) is 25.8 Å². The highest BCUT2D eigenvalue weighted by molar-refractivity contribution is 7.18. The van der Waals surface area contributed by atoms with Gasteiger partial charge in [0.2, 0.25) is 11.8 Å². The van der Waals surface area contributed by atoms with Gasteiger partial charge < -0.3 is 20.6 Å². The van der Waals surface area contributed by atoms with Crippen LogP contribution in [0.5, 0.6) is 0 Å². The fourth-order valence-electron chi connectivity index (χ4n) is 10.1. The first kappa shape index (κ1) is 38.5. The molecule has 1 spiro atoms.